The fourth-order valence-electron chi connectivity index (χ4n) is 4.26. The van der Waals surface area contributed by atoms with Gasteiger partial charge in [0.25, 0.3) is 5.91 Å². The Morgan fingerprint density at radius 2 is 1.80 bits per heavy atom. The summed E-state index contributed by atoms with van der Waals surface area (Å²) in [5.74, 6) is -1.56. The van der Waals surface area contributed by atoms with Gasteiger partial charge in [0.15, 0.2) is 0 Å². The lowest BCUT2D eigenvalue weighted by Crippen LogP contribution is -2.65. The summed E-state index contributed by atoms with van der Waals surface area (Å²) in [6.45, 7) is 10.7. The van der Waals surface area contributed by atoms with Crippen molar-refractivity contribution in [1.29, 1.82) is 0 Å². The SMILES string of the molecule is CN(C)CCNC(=O)CN1CCN(C(=O)c2cc(C(C)(C)C)sc2NC(=O)Nc2ccc(F)cc2Cl)C(C)(C)C1=O. The van der Waals surface area contributed by atoms with Gasteiger partial charge in [-0.2, -0.15) is 0 Å². The molecule has 10 nitrogen and oxygen atoms in total. The van der Waals surface area contributed by atoms with E-state index in [0.29, 0.717) is 18.1 Å². The normalized spacial score (nSPS) is 15.2. The third-order valence-electron chi connectivity index (χ3n) is 6.65. The van der Waals surface area contributed by atoms with Crippen molar-refractivity contribution >= 4 is 57.4 Å². The number of hydrogen-bond donors (Lipinski definition) is 3. The van der Waals surface area contributed by atoms with Gasteiger partial charge in [-0.1, -0.05) is 32.4 Å². The first-order valence-corrected chi connectivity index (χ1v) is 14.4. The number of rotatable bonds is 8. The van der Waals surface area contributed by atoms with E-state index in [2.05, 4.69) is 16.0 Å². The predicted molar refractivity (Wildman–Crippen MR) is 160 cm³/mol. The van der Waals surface area contributed by atoms with Crippen LogP contribution in [0.2, 0.25) is 5.02 Å². The number of thiophene rings is 1. The van der Waals surface area contributed by atoms with Crippen molar-refractivity contribution in [3.8, 4) is 0 Å². The fourth-order valence-corrected chi connectivity index (χ4v) is 5.58. The lowest BCUT2D eigenvalue weighted by Gasteiger charge is -2.45. The molecule has 1 aliphatic heterocycles. The van der Waals surface area contributed by atoms with Crippen molar-refractivity contribution in [2.24, 2.45) is 0 Å². The zero-order valence-corrected chi connectivity index (χ0v) is 26.1. The monoisotopic (exact) mass is 608 g/mol. The number of benzene rings is 1. The number of hydrogen-bond acceptors (Lipinski definition) is 6. The Kier molecular flexibility index (Phi) is 10.0. The molecule has 0 saturated carbocycles. The van der Waals surface area contributed by atoms with Crippen molar-refractivity contribution in [1.82, 2.24) is 20.0 Å². The molecule has 2 heterocycles. The minimum atomic E-state index is -1.23. The summed E-state index contributed by atoms with van der Waals surface area (Å²) in [4.78, 5) is 58.4. The molecule has 2 aromatic rings. The van der Waals surface area contributed by atoms with Crippen LogP contribution in [0.15, 0.2) is 24.3 Å². The molecule has 1 aromatic heterocycles. The number of carbonyl (C=O) groups is 4. The minimum Gasteiger partial charge on any atom is -0.353 e. The maximum Gasteiger partial charge on any atom is 0.324 e. The molecule has 3 N–H and O–H groups in total. The second kappa shape index (κ2) is 12.7. The highest BCUT2D eigenvalue weighted by Crippen LogP contribution is 2.38. The highest BCUT2D eigenvalue weighted by molar-refractivity contribution is 7.16. The number of nitrogens with zero attached hydrogens (tertiary/aromatic N) is 3. The van der Waals surface area contributed by atoms with Gasteiger partial charge in [0.05, 0.1) is 22.8 Å². The van der Waals surface area contributed by atoms with Crippen LogP contribution in [0.25, 0.3) is 0 Å². The number of likely N-dealkylation sites (N-methyl/N-ethyl adjacent to an activating group) is 1. The van der Waals surface area contributed by atoms with E-state index >= 15 is 0 Å². The molecule has 0 bridgehead atoms. The Labute approximate surface area is 249 Å². The number of nitrogens with one attached hydrogen (secondary N) is 3. The Morgan fingerprint density at radius 1 is 1.12 bits per heavy atom. The number of halogens is 2. The second-order valence-electron chi connectivity index (χ2n) is 11.7. The Bertz CT molecular complexity index is 1320. The zero-order chi connectivity index (χ0) is 30.7. The van der Waals surface area contributed by atoms with Crippen LogP contribution in [0.4, 0.5) is 19.9 Å². The van der Waals surface area contributed by atoms with Crippen LogP contribution in [0.3, 0.4) is 0 Å². The average molecular weight is 609 g/mol. The zero-order valence-electron chi connectivity index (χ0n) is 24.5. The van der Waals surface area contributed by atoms with Gasteiger partial charge >= 0.3 is 6.03 Å². The smallest absolute Gasteiger partial charge is 0.324 e. The van der Waals surface area contributed by atoms with E-state index in [1.165, 1.54) is 33.3 Å². The van der Waals surface area contributed by atoms with Gasteiger partial charge in [0, 0.05) is 31.1 Å². The Balaban J connectivity index is 1.80. The third-order valence-corrected chi connectivity index (χ3v) is 8.44. The molecule has 1 aromatic carbocycles. The van der Waals surface area contributed by atoms with Gasteiger partial charge in [0.1, 0.15) is 16.4 Å². The molecule has 3 rings (SSSR count). The summed E-state index contributed by atoms with van der Waals surface area (Å²) >= 11 is 7.31. The molecular weight excluding hydrogens is 571 g/mol. The Morgan fingerprint density at radius 3 is 2.41 bits per heavy atom. The van der Waals surface area contributed by atoms with E-state index in [9.17, 15) is 23.6 Å². The largest absolute Gasteiger partial charge is 0.353 e. The molecule has 0 radical (unpaired) electrons. The molecule has 13 heteroatoms. The van der Waals surface area contributed by atoms with Gasteiger partial charge in [-0.3, -0.25) is 19.7 Å². The molecular formula is C28H38ClFN6O4S. The van der Waals surface area contributed by atoms with Gasteiger partial charge < -0.3 is 25.3 Å². The van der Waals surface area contributed by atoms with Crippen molar-refractivity contribution < 1.29 is 23.6 Å². The van der Waals surface area contributed by atoms with E-state index in [0.717, 1.165) is 10.9 Å². The molecule has 5 amide bonds. The first kappa shape index (κ1) is 32.3. The lowest BCUT2D eigenvalue weighted by atomic mass is 9.93. The first-order chi connectivity index (χ1) is 19.0. The minimum absolute atomic E-state index is 0.0301. The second-order valence-corrected chi connectivity index (χ2v) is 13.2. The van der Waals surface area contributed by atoms with Crippen LogP contribution in [0.5, 0.6) is 0 Å². The quantitative estimate of drug-likeness (QED) is 0.415. The maximum atomic E-state index is 13.9. The van der Waals surface area contributed by atoms with Gasteiger partial charge in [-0.15, -0.1) is 11.3 Å². The van der Waals surface area contributed by atoms with Crippen molar-refractivity contribution in [3.63, 3.8) is 0 Å². The fraction of sp³-hybridized carbons (Fsp3) is 0.500. The highest BCUT2D eigenvalue weighted by Gasteiger charge is 2.45. The summed E-state index contributed by atoms with van der Waals surface area (Å²) < 4.78 is 13.4. The van der Waals surface area contributed by atoms with Crippen LogP contribution in [0.1, 0.15) is 49.9 Å². The molecule has 224 valence electrons. The molecule has 0 unspecified atom stereocenters. The van der Waals surface area contributed by atoms with E-state index < -0.39 is 23.3 Å². The first-order valence-electron chi connectivity index (χ1n) is 13.2. The van der Waals surface area contributed by atoms with Crippen LogP contribution in [0, 0.1) is 5.82 Å². The van der Waals surface area contributed by atoms with E-state index in [1.54, 1.807) is 19.9 Å². The number of piperazine rings is 1. The van der Waals surface area contributed by atoms with E-state index in [1.807, 2.05) is 39.8 Å². The number of urea groups is 1. The third kappa shape index (κ3) is 7.96. The van der Waals surface area contributed by atoms with Crippen molar-refractivity contribution in [3.05, 3.63) is 45.5 Å². The highest BCUT2D eigenvalue weighted by atomic mass is 35.5. The molecule has 0 atom stereocenters. The summed E-state index contributed by atoms with van der Waals surface area (Å²) in [6, 6.07) is 4.68. The Hall–Kier alpha value is -3.22. The van der Waals surface area contributed by atoms with Crippen LogP contribution in [-0.4, -0.2) is 90.8 Å². The van der Waals surface area contributed by atoms with E-state index in [4.69, 9.17) is 11.6 Å². The summed E-state index contributed by atoms with van der Waals surface area (Å²) in [5.41, 5.74) is -1.10. The van der Waals surface area contributed by atoms with Crippen molar-refractivity contribution in [2.45, 2.75) is 45.6 Å². The van der Waals surface area contributed by atoms with Crippen LogP contribution in [-0.2, 0) is 15.0 Å². The molecule has 1 saturated heterocycles. The maximum absolute atomic E-state index is 13.9. The number of carbonyl (C=O) groups excluding carboxylic acids is 4. The van der Waals surface area contributed by atoms with Crippen LogP contribution >= 0.6 is 22.9 Å². The molecule has 41 heavy (non-hydrogen) atoms. The van der Waals surface area contributed by atoms with Gasteiger partial charge in [-0.05, 0) is 57.6 Å². The van der Waals surface area contributed by atoms with Gasteiger partial charge in [-0.25, -0.2) is 9.18 Å². The average Bonchev–Trinajstić information content (AvgIpc) is 3.27. The number of amides is 5. The molecule has 1 fully saturated rings. The summed E-state index contributed by atoms with van der Waals surface area (Å²) in [5, 5.41) is 8.46. The topological polar surface area (TPSA) is 114 Å². The van der Waals surface area contributed by atoms with E-state index in [-0.39, 0.29) is 53.1 Å². The number of anilines is 2. The predicted octanol–water partition coefficient (Wildman–Crippen LogP) is 4.22. The van der Waals surface area contributed by atoms with Gasteiger partial charge in [0.2, 0.25) is 11.8 Å². The molecule has 1 aliphatic rings. The van der Waals surface area contributed by atoms with Crippen molar-refractivity contribution in [2.75, 3.05) is 57.5 Å². The molecule has 0 aliphatic carbocycles. The molecule has 0 spiro atoms. The summed E-state index contributed by atoms with van der Waals surface area (Å²) in [7, 11) is 3.81. The van der Waals surface area contributed by atoms with Crippen LogP contribution < -0.4 is 16.0 Å². The lowest BCUT2D eigenvalue weighted by molar-refractivity contribution is -0.149. The standard InChI is InChI=1S/C28H38ClFN6O4S/c1-27(2,3)21-15-18(23(41-21)33-26(40)32-20-9-8-17(30)14-19(20)29)24(38)36-13-12-35(25(39)28(36,4)5)16-22(37)31-10-11-34(6)7/h8-9,14-15H,10-13,16H2,1-7H3,(H,31,37)(H2,32,33,40). The summed E-state index contributed by atoms with van der Waals surface area (Å²) in [6.07, 6.45) is 0.